The Kier molecular flexibility index (Phi) is 5.97. The number of nitrogens with zero attached hydrogens (tertiary/aromatic N) is 1. The smallest absolute Gasteiger partial charge is 0.410 e. The number of amides is 1. The Morgan fingerprint density at radius 2 is 1.86 bits per heavy atom. The van der Waals surface area contributed by atoms with Gasteiger partial charge in [-0.15, -0.1) is 0 Å². The molecule has 0 saturated carbocycles. The molecule has 0 bridgehead atoms. The van der Waals surface area contributed by atoms with Crippen LogP contribution in [0.15, 0.2) is 18.2 Å². The van der Waals surface area contributed by atoms with E-state index in [4.69, 9.17) is 9.47 Å². The Morgan fingerprint density at radius 1 is 1.23 bits per heavy atom. The summed E-state index contributed by atoms with van der Waals surface area (Å²) in [5, 5.41) is 0. The first-order chi connectivity index (χ1) is 10.2. The zero-order chi connectivity index (χ0) is 16.9. The summed E-state index contributed by atoms with van der Waals surface area (Å²) in [5.41, 5.74) is 1.89. The van der Waals surface area contributed by atoms with Crippen LogP contribution in [-0.2, 0) is 22.4 Å². The van der Waals surface area contributed by atoms with E-state index in [2.05, 4.69) is 0 Å². The number of carbonyl (C=O) groups excluding carboxylic acids is 2. The molecule has 0 N–H and O–H groups in total. The second kappa shape index (κ2) is 7.29. The Morgan fingerprint density at radius 3 is 2.36 bits per heavy atom. The molecular formula is C17H25NO4. The predicted molar refractivity (Wildman–Crippen MR) is 84.9 cm³/mol. The van der Waals surface area contributed by atoms with Gasteiger partial charge in [-0.25, -0.2) is 9.59 Å². The van der Waals surface area contributed by atoms with Gasteiger partial charge in [-0.2, -0.15) is 0 Å². The standard InChI is InChI=1S/C17H25NO4/c1-7-13-10-12(8-9-14(13)15(19)21-6)11-18(5)16(20)22-17(2,3)4/h8-10H,7,11H2,1-6H3. The van der Waals surface area contributed by atoms with Gasteiger partial charge in [0.25, 0.3) is 0 Å². The minimum Gasteiger partial charge on any atom is -0.465 e. The fourth-order valence-corrected chi connectivity index (χ4v) is 2.03. The quantitative estimate of drug-likeness (QED) is 0.800. The number of hydrogen-bond donors (Lipinski definition) is 0. The number of esters is 1. The van der Waals surface area contributed by atoms with E-state index in [1.54, 1.807) is 13.1 Å². The molecule has 0 fully saturated rings. The lowest BCUT2D eigenvalue weighted by molar-refractivity contribution is 0.0284. The third-order valence-corrected chi connectivity index (χ3v) is 3.08. The Bertz CT molecular complexity index is 546. The molecule has 5 nitrogen and oxygen atoms in total. The summed E-state index contributed by atoms with van der Waals surface area (Å²) in [6, 6.07) is 5.49. The zero-order valence-corrected chi connectivity index (χ0v) is 14.2. The van der Waals surface area contributed by atoms with Crippen LogP contribution in [-0.4, -0.2) is 36.7 Å². The Balaban J connectivity index is 2.86. The molecule has 1 rings (SSSR count). The Hall–Kier alpha value is -2.04. The molecule has 0 heterocycles. The molecule has 0 spiro atoms. The summed E-state index contributed by atoms with van der Waals surface area (Å²) >= 11 is 0. The predicted octanol–water partition coefficient (Wildman–Crippen LogP) is 3.40. The SMILES string of the molecule is CCc1cc(CN(C)C(=O)OC(C)(C)C)ccc1C(=O)OC. The molecule has 0 radical (unpaired) electrons. The number of benzene rings is 1. The van der Waals surface area contributed by atoms with Crippen molar-refractivity contribution in [2.75, 3.05) is 14.2 Å². The summed E-state index contributed by atoms with van der Waals surface area (Å²) < 4.78 is 10.1. The third-order valence-electron chi connectivity index (χ3n) is 3.08. The lowest BCUT2D eigenvalue weighted by atomic mass is 10.0. The van der Waals surface area contributed by atoms with Crippen molar-refractivity contribution < 1.29 is 19.1 Å². The summed E-state index contributed by atoms with van der Waals surface area (Å²) in [5.74, 6) is -0.344. The van der Waals surface area contributed by atoms with Gasteiger partial charge in [-0.05, 0) is 44.4 Å². The van der Waals surface area contributed by atoms with E-state index >= 15 is 0 Å². The molecule has 0 aliphatic rings. The summed E-state index contributed by atoms with van der Waals surface area (Å²) in [4.78, 5) is 25.2. The molecule has 5 heteroatoms. The molecule has 1 aromatic carbocycles. The zero-order valence-electron chi connectivity index (χ0n) is 14.2. The molecule has 22 heavy (non-hydrogen) atoms. The van der Waals surface area contributed by atoms with Crippen LogP contribution in [0.2, 0.25) is 0 Å². The van der Waals surface area contributed by atoms with Crippen LogP contribution in [0.4, 0.5) is 4.79 Å². The highest BCUT2D eigenvalue weighted by Crippen LogP contribution is 2.16. The van der Waals surface area contributed by atoms with E-state index in [9.17, 15) is 9.59 Å². The van der Waals surface area contributed by atoms with Crippen molar-refractivity contribution in [1.82, 2.24) is 4.90 Å². The average molecular weight is 307 g/mol. The molecule has 1 aromatic rings. The monoisotopic (exact) mass is 307 g/mol. The second-order valence-electron chi connectivity index (χ2n) is 6.17. The van der Waals surface area contributed by atoms with Crippen LogP contribution in [0.3, 0.4) is 0 Å². The second-order valence-corrected chi connectivity index (χ2v) is 6.17. The molecule has 0 aliphatic carbocycles. The first kappa shape index (κ1) is 18.0. The van der Waals surface area contributed by atoms with Crippen molar-refractivity contribution in [1.29, 1.82) is 0 Å². The van der Waals surface area contributed by atoms with Crippen molar-refractivity contribution >= 4 is 12.1 Å². The lowest BCUT2D eigenvalue weighted by Gasteiger charge is -2.24. The number of ether oxygens (including phenoxy) is 2. The van der Waals surface area contributed by atoms with E-state index in [1.807, 2.05) is 39.8 Å². The number of rotatable bonds is 4. The van der Waals surface area contributed by atoms with Crippen molar-refractivity contribution in [3.63, 3.8) is 0 Å². The largest absolute Gasteiger partial charge is 0.465 e. The lowest BCUT2D eigenvalue weighted by Crippen LogP contribution is -2.33. The van der Waals surface area contributed by atoms with Crippen molar-refractivity contribution in [2.45, 2.75) is 46.3 Å². The van der Waals surface area contributed by atoms with Gasteiger partial charge >= 0.3 is 12.1 Å². The van der Waals surface area contributed by atoms with Crippen LogP contribution in [0.25, 0.3) is 0 Å². The van der Waals surface area contributed by atoms with Gasteiger partial charge in [-0.1, -0.05) is 19.1 Å². The molecule has 0 saturated heterocycles. The minimum atomic E-state index is -0.519. The molecule has 0 aliphatic heterocycles. The average Bonchev–Trinajstić information content (AvgIpc) is 2.44. The maximum Gasteiger partial charge on any atom is 0.410 e. The number of aryl methyl sites for hydroxylation is 1. The van der Waals surface area contributed by atoms with E-state index in [0.29, 0.717) is 18.5 Å². The number of carbonyl (C=O) groups is 2. The molecule has 0 aromatic heterocycles. The Labute approximate surface area is 132 Å². The fourth-order valence-electron chi connectivity index (χ4n) is 2.03. The first-order valence-corrected chi connectivity index (χ1v) is 7.32. The van der Waals surface area contributed by atoms with E-state index < -0.39 is 5.60 Å². The normalized spacial score (nSPS) is 11.0. The molecule has 122 valence electrons. The molecular weight excluding hydrogens is 282 g/mol. The van der Waals surface area contributed by atoms with E-state index in [0.717, 1.165) is 11.1 Å². The van der Waals surface area contributed by atoms with Gasteiger partial charge in [0.1, 0.15) is 5.60 Å². The van der Waals surface area contributed by atoms with Crippen molar-refractivity contribution in [3.8, 4) is 0 Å². The van der Waals surface area contributed by atoms with Gasteiger partial charge in [0, 0.05) is 13.6 Å². The van der Waals surface area contributed by atoms with E-state index in [1.165, 1.54) is 12.0 Å². The van der Waals surface area contributed by atoms with Crippen molar-refractivity contribution in [3.05, 3.63) is 34.9 Å². The minimum absolute atomic E-state index is 0.344. The fraction of sp³-hybridized carbons (Fsp3) is 0.529. The van der Waals surface area contributed by atoms with Crippen LogP contribution in [0.5, 0.6) is 0 Å². The van der Waals surface area contributed by atoms with Crippen LogP contribution >= 0.6 is 0 Å². The van der Waals surface area contributed by atoms with Crippen LogP contribution in [0, 0.1) is 0 Å². The highest BCUT2D eigenvalue weighted by atomic mass is 16.6. The maximum atomic E-state index is 12.0. The van der Waals surface area contributed by atoms with Crippen LogP contribution < -0.4 is 0 Å². The highest BCUT2D eigenvalue weighted by molar-refractivity contribution is 5.91. The maximum absolute atomic E-state index is 12.0. The van der Waals surface area contributed by atoms with Gasteiger partial charge in [-0.3, -0.25) is 0 Å². The van der Waals surface area contributed by atoms with Gasteiger partial charge in [0.05, 0.1) is 12.7 Å². The molecule has 1 amide bonds. The van der Waals surface area contributed by atoms with Gasteiger partial charge in [0.15, 0.2) is 0 Å². The van der Waals surface area contributed by atoms with Gasteiger partial charge < -0.3 is 14.4 Å². The van der Waals surface area contributed by atoms with Crippen LogP contribution in [0.1, 0.15) is 49.2 Å². The topological polar surface area (TPSA) is 55.8 Å². The third kappa shape index (κ3) is 5.06. The van der Waals surface area contributed by atoms with E-state index in [-0.39, 0.29) is 12.1 Å². The molecule has 0 atom stereocenters. The van der Waals surface area contributed by atoms with Gasteiger partial charge in [0.2, 0.25) is 0 Å². The summed E-state index contributed by atoms with van der Waals surface area (Å²) in [7, 11) is 3.06. The summed E-state index contributed by atoms with van der Waals surface area (Å²) in [6.45, 7) is 7.89. The number of methoxy groups -OCH3 is 1. The highest BCUT2D eigenvalue weighted by Gasteiger charge is 2.20. The summed E-state index contributed by atoms with van der Waals surface area (Å²) in [6.07, 6.45) is 0.344. The first-order valence-electron chi connectivity index (χ1n) is 7.32. The molecule has 0 unspecified atom stereocenters. The number of hydrogen-bond acceptors (Lipinski definition) is 4. The van der Waals surface area contributed by atoms with Crippen molar-refractivity contribution in [2.24, 2.45) is 0 Å².